The lowest BCUT2D eigenvalue weighted by molar-refractivity contribution is 0.549. The predicted octanol–water partition coefficient (Wildman–Crippen LogP) is 5.95. The number of anilines is 1. The third kappa shape index (κ3) is 3.75. The molecule has 0 spiro atoms. The second-order valence-electron chi connectivity index (χ2n) is 7.25. The third-order valence-electron chi connectivity index (χ3n) is 5.39. The van der Waals surface area contributed by atoms with Gasteiger partial charge in [0.15, 0.2) is 5.11 Å². The van der Waals surface area contributed by atoms with Crippen LogP contribution in [0.25, 0.3) is 5.69 Å². The Morgan fingerprint density at radius 3 is 2.35 bits per heavy atom. The molecule has 0 unspecified atom stereocenters. The van der Waals surface area contributed by atoms with Crippen LogP contribution >= 0.6 is 28.1 Å². The van der Waals surface area contributed by atoms with Crippen molar-refractivity contribution in [3.8, 4) is 5.69 Å². The lowest BCUT2D eigenvalue weighted by Gasteiger charge is -2.29. The van der Waals surface area contributed by atoms with Gasteiger partial charge in [0, 0.05) is 33.9 Å². The average Bonchev–Trinajstić information content (AvgIpc) is 3.40. The summed E-state index contributed by atoms with van der Waals surface area (Å²) in [6.07, 6.45) is 3.82. The fourth-order valence-electron chi connectivity index (χ4n) is 4.01. The molecule has 1 fully saturated rings. The molecule has 0 bridgehead atoms. The van der Waals surface area contributed by atoms with E-state index in [1.54, 1.807) is 18.3 Å². The molecule has 31 heavy (non-hydrogen) atoms. The van der Waals surface area contributed by atoms with Gasteiger partial charge in [0.2, 0.25) is 0 Å². The molecule has 0 amide bonds. The van der Waals surface area contributed by atoms with Crippen LogP contribution in [-0.4, -0.2) is 14.7 Å². The third-order valence-corrected chi connectivity index (χ3v) is 6.23. The first-order valence-corrected chi connectivity index (χ1v) is 11.0. The molecule has 154 valence electrons. The van der Waals surface area contributed by atoms with Crippen LogP contribution in [0.4, 0.5) is 10.1 Å². The number of hydrogen-bond donors (Lipinski definition) is 1. The highest BCUT2D eigenvalue weighted by Crippen LogP contribution is 2.42. The standard InChI is InChI=1S/C24H18BrFN4S/c25-16-6-10-18(11-7-16)29-15-3-5-21(29)23-22(20-4-1-2-14-27-20)28-24(31)30(23)19-12-8-17(26)9-13-19/h1-15,22-23H,(H,28,31)/t22-,23-/m0/s1. The zero-order valence-electron chi connectivity index (χ0n) is 16.3. The largest absolute Gasteiger partial charge is 0.351 e. The smallest absolute Gasteiger partial charge is 0.174 e. The molecule has 1 aliphatic heterocycles. The van der Waals surface area contributed by atoms with Crippen LogP contribution in [0, 0.1) is 5.82 Å². The van der Waals surface area contributed by atoms with Gasteiger partial charge < -0.3 is 14.8 Å². The summed E-state index contributed by atoms with van der Waals surface area (Å²) >= 11 is 9.24. The van der Waals surface area contributed by atoms with Crippen LogP contribution < -0.4 is 10.2 Å². The molecule has 1 N–H and O–H groups in total. The second kappa shape index (κ2) is 8.24. The van der Waals surface area contributed by atoms with Gasteiger partial charge in [0.05, 0.1) is 11.7 Å². The predicted molar refractivity (Wildman–Crippen MR) is 128 cm³/mol. The Morgan fingerprint density at radius 2 is 1.65 bits per heavy atom. The molecule has 2 aromatic carbocycles. The van der Waals surface area contributed by atoms with E-state index in [0.29, 0.717) is 5.11 Å². The Morgan fingerprint density at radius 1 is 0.903 bits per heavy atom. The van der Waals surface area contributed by atoms with Crippen molar-refractivity contribution in [3.63, 3.8) is 0 Å². The van der Waals surface area contributed by atoms with Crippen molar-refractivity contribution < 1.29 is 4.39 Å². The van der Waals surface area contributed by atoms with E-state index in [1.165, 1.54) is 12.1 Å². The quantitative estimate of drug-likeness (QED) is 0.356. The van der Waals surface area contributed by atoms with E-state index < -0.39 is 0 Å². The zero-order chi connectivity index (χ0) is 21.4. The highest BCUT2D eigenvalue weighted by Gasteiger charge is 2.42. The minimum Gasteiger partial charge on any atom is -0.351 e. The molecule has 1 aliphatic rings. The molecule has 1 saturated heterocycles. The summed E-state index contributed by atoms with van der Waals surface area (Å²) in [7, 11) is 0. The van der Waals surface area contributed by atoms with Gasteiger partial charge in [0.25, 0.3) is 0 Å². The number of benzene rings is 2. The molecule has 3 heterocycles. The monoisotopic (exact) mass is 492 g/mol. The molecule has 0 radical (unpaired) electrons. The maximum absolute atomic E-state index is 13.6. The first kappa shape index (κ1) is 19.9. The van der Waals surface area contributed by atoms with Gasteiger partial charge in [-0.1, -0.05) is 22.0 Å². The number of aromatic nitrogens is 2. The summed E-state index contributed by atoms with van der Waals surface area (Å²) in [5.74, 6) is -0.280. The first-order chi connectivity index (χ1) is 15.1. The Balaban J connectivity index is 1.66. The number of rotatable bonds is 4. The summed E-state index contributed by atoms with van der Waals surface area (Å²) in [6.45, 7) is 0. The molecular formula is C24H18BrFN4S. The van der Waals surface area contributed by atoms with Crippen molar-refractivity contribution in [2.75, 3.05) is 4.90 Å². The molecule has 4 nitrogen and oxygen atoms in total. The number of halogens is 2. The van der Waals surface area contributed by atoms with E-state index in [2.05, 4.69) is 49.0 Å². The summed E-state index contributed by atoms with van der Waals surface area (Å²) in [4.78, 5) is 6.63. The van der Waals surface area contributed by atoms with Gasteiger partial charge in [-0.3, -0.25) is 4.98 Å². The van der Waals surface area contributed by atoms with Crippen molar-refractivity contribution in [2.45, 2.75) is 12.1 Å². The summed E-state index contributed by atoms with van der Waals surface area (Å²) in [6, 6.07) is 24.2. The molecule has 0 saturated carbocycles. The topological polar surface area (TPSA) is 33.1 Å². The van der Waals surface area contributed by atoms with Crippen LogP contribution in [0.1, 0.15) is 23.5 Å². The number of pyridine rings is 1. The lowest BCUT2D eigenvalue weighted by Crippen LogP contribution is -2.30. The van der Waals surface area contributed by atoms with Gasteiger partial charge >= 0.3 is 0 Å². The van der Waals surface area contributed by atoms with E-state index in [-0.39, 0.29) is 17.9 Å². The molecular weight excluding hydrogens is 475 g/mol. The summed E-state index contributed by atoms with van der Waals surface area (Å²) in [5.41, 5.74) is 3.81. The van der Waals surface area contributed by atoms with E-state index in [0.717, 1.165) is 27.2 Å². The number of thiocarbonyl (C=S) groups is 1. The van der Waals surface area contributed by atoms with Gasteiger partial charge in [-0.15, -0.1) is 0 Å². The number of hydrogen-bond acceptors (Lipinski definition) is 2. The number of nitrogens with one attached hydrogen (secondary N) is 1. The van der Waals surface area contributed by atoms with Crippen LogP contribution in [0.15, 0.2) is 95.7 Å². The molecule has 5 rings (SSSR count). The Labute approximate surface area is 193 Å². The van der Waals surface area contributed by atoms with Crippen LogP contribution in [0.5, 0.6) is 0 Å². The van der Waals surface area contributed by atoms with Crippen molar-refractivity contribution in [1.29, 1.82) is 0 Å². The van der Waals surface area contributed by atoms with Gasteiger partial charge in [-0.25, -0.2) is 4.39 Å². The van der Waals surface area contributed by atoms with Crippen molar-refractivity contribution in [3.05, 3.63) is 113 Å². The molecule has 7 heteroatoms. The maximum atomic E-state index is 13.6. The molecule has 2 atom stereocenters. The Hall–Kier alpha value is -3.03. The van der Waals surface area contributed by atoms with Crippen LogP contribution in [0.3, 0.4) is 0 Å². The van der Waals surface area contributed by atoms with Gasteiger partial charge in [-0.2, -0.15) is 0 Å². The second-order valence-corrected chi connectivity index (χ2v) is 8.55. The minimum absolute atomic E-state index is 0.164. The lowest BCUT2D eigenvalue weighted by atomic mass is 10.0. The number of nitrogens with zero attached hydrogens (tertiary/aromatic N) is 3. The summed E-state index contributed by atoms with van der Waals surface area (Å²) < 4.78 is 16.8. The van der Waals surface area contributed by atoms with E-state index in [9.17, 15) is 4.39 Å². The minimum atomic E-state index is -0.280. The van der Waals surface area contributed by atoms with Crippen molar-refractivity contribution in [2.24, 2.45) is 0 Å². The Kier molecular flexibility index (Phi) is 5.29. The average molecular weight is 493 g/mol. The molecule has 4 aromatic rings. The normalized spacial score (nSPS) is 18.3. The van der Waals surface area contributed by atoms with Crippen molar-refractivity contribution in [1.82, 2.24) is 14.9 Å². The highest BCUT2D eigenvalue weighted by molar-refractivity contribution is 9.10. The molecule has 2 aromatic heterocycles. The first-order valence-electron chi connectivity index (χ1n) is 9.81. The fraction of sp³-hybridized carbons (Fsp3) is 0.0833. The van der Waals surface area contributed by atoms with Gasteiger partial charge in [0.1, 0.15) is 11.9 Å². The summed E-state index contributed by atoms with van der Waals surface area (Å²) in [5, 5.41) is 4.02. The fourth-order valence-corrected chi connectivity index (χ4v) is 4.62. The van der Waals surface area contributed by atoms with Crippen LogP contribution in [-0.2, 0) is 0 Å². The maximum Gasteiger partial charge on any atom is 0.174 e. The van der Waals surface area contributed by atoms with E-state index in [4.69, 9.17) is 12.2 Å². The highest BCUT2D eigenvalue weighted by atomic mass is 79.9. The van der Waals surface area contributed by atoms with E-state index >= 15 is 0 Å². The zero-order valence-corrected chi connectivity index (χ0v) is 18.7. The molecule has 0 aliphatic carbocycles. The van der Waals surface area contributed by atoms with Crippen molar-refractivity contribution >= 4 is 38.9 Å². The Bertz CT molecular complexity index is 1210. The van der Waals surface area contributed by atoms with Crippen LogP contribution in [0.2, 0.25) is 0 Å². The van der Waals surface area contributed by atoms with Gasteiger partial charge in [-0.05, 0) is 85.0 Å². The van der Waals surface area contributed by atoms with E-state index in [1.807, 2.05) is 47.5 Å². The SMILES string of the molecule is Fc1ccc(N2C(=S)N[C@@H](c3ccccn3)[C@@H]2c2cccn2-c2ccc(Br)cc2)cc1.